The Morgan fingerprint density at radius 3 is 2.73 bits per heavy atom. The molecule has 0 N–H and O–H groups in total. The van der Waals surface area contributed by atoms with E-state index in [1.54, 1.807) is 4.90 Å². The summed E-state index contributed by atoms with van der Waals surface area (Å²) in [5, 5.41) is 0. The molecular weight excluding hydrogens is 301 g/mol. The van der Waals surface area contributed by atoms with Crippen LogP contribution in [0.2, 0.25) is 0 Å². The minimum Gasteiger partial charge on any atom is -0.335 e. The fraction of sp³-hybridized carbons (Fsp3) is 0.250. The zero-order valence-electron chi connectivity index (χ0n) is 8.74. The normalized spacial score (nSPS) is 9.73. The second-order valence-corrected chi connectivity index (χ2v) is 4.31. The molecule has 2 nitrogen and oxygen atoms in total. The van der Waals surface area contributed by atoms with Gasteiger partial charge in [0.2, 0.25) is 5.91 Å². The van der Waals surface area contributed by atoms with Crippen molar-refractivity contribution in [2.75, 3.05) is 6.54 Å². The van der Waals surface area contributed by atoms with Gasteiger partial charge in [-0.1, -0.05) is 24.8 Å². The first-order chi connectivity index (χ1) is 7.19. The molecule has 3 heteroatoms. The van der Waals surface area contributed by atoms with Crippen LogP contribution in [0, 0.1) is 3.57 Å². The summed E-state index contributed by atoms with van der Waals surface area (Å²) in [5.74, 6) is -0.0165. The van der Waals surface area contributed by atoms with E-state index in [-0.39, 0.29) is 5.91 Å². The van der Waals surface area contributed by atoms with Crippen LogP contribution >= 0.6 is 22.6 Å². The Hall–Kier alpha value is -0.840. The topological polar surface area (TPSA) is 20.3 Å². The molecule has 0 aliphatic rings. The molecule has 1 rings (SSSR count). The first kappa shape index (κ1) is 12.2. The van der Waals surface area contributed by atoms with Gasteiger partial charge in [-0.15, -0.1) is 0 Å². The molecule has 1 aromatic carbocycles. The van der Waals surface area contributed by atoms with E-state index in [4.69, 9.17) is 0 Å². The van der Waals surface area contributed by atoms with Crippen molar-refractivity contribution in [3.8, 4) is 0 Å². The van der Waals surface area contributed by atoms with Crippen LogP contribution < -0.4 is 0 Å². The molecule has 1 aromatic rings. The van der Waals surface area contributed by atoms with Gasteiger partial charge in [0.1, 0.15) is 0 Å². The number of nitrogens with zero attached hydrogens (tertiary/aromatic N) is 1. The zero-order chi connectivity index (χ0) is 11.3. The van der Waals surface area contributed by atoms with Crippen LogP contribution in [0.4, 0.5) is 0 Å². The number of likely N-dealkylation sites (N-methyl/N-ethyl adjacent to an activating group) is 1. The second kappa shape index (κ2) is 5.90. The number of halogens is 1. The summed E-state index contributed by atoms with van der Waals surface area (Å²) < 4.78 is 1.19. The third kappa shape index (κ3) is 3.34. The molecule has 0 atom stereocenters. The average molecular weight is 315 g/mol. The van der Waals surface area contributed by atoms with E-state index in [1.807, 2.05) is 31.2 Å². The van der Waals surface area contributed by atoms with Crippen molar-refractivity contribution < 1.29 is 4.79 Å². The maximum absolute atomic E-state index is 11.5. The molecule has 1 amide bonds. The quantitative estimate of drug-likeness (QED) is 0.618. The number of hydrogen-bond donors (Lipinski definition) is 0. The average Bonchev–Trinajstić information content (AvgIpc) is 2.27. The lowest BCUT2D eigenvalue weighted by Gasteiger charge is -2.19. The van der Waals surface area contributed by atoms with Crippen molar-refractivity contribution in [1.82, 2.24) is 4.90 Å². The lowest BCUT2D eigenvalue weighted by atomic mass is 10.2. The van der Waals surface area contributed by atoms with Gasteiger partial charge in [0, 0.05) is 16.7 Å². The van der Waals surface area contributed by atoms with Crippen LogP contribution in [-0.4, -0.2) is 17.4 Å². The van der Waals surface area contributed by atoms with Crippen molar-refractivity contribution in [3.05, 3.63) is 46.1 Å². The van der Waals surface area contributed by atoms with Crippen molar-refractivity contribution in [2.24, 2.45) is 0 Å². The van der Waals surface area contributed by atoms with Gasteiger partial charge in [-0.3, -0.25) is 4.79 Å². The SMILES string of the molecule is C=CC(=O)N(CC)Cc1ccccc1I. The third-order valence-corrected chi connectivity index (χ3v) is 3.24. The van der Waals surface area contributed by atoms with Gasteiger partial charge in [0.15, 0.2) is 0 Å². The summed E-state index contributed by atoms with van der Waals surface area (Å²) in [6.07, 6.45) is 1.36. The van der Waals surface area contributed by atoms with E-state index in [2.05, 4.69) is 29.2 Å². The highest BCUT2D eigenvalue weighted by Gasteiger charge is 2.09. The Balaban J connectivity index is 2.79. The summed E-state index contributed by atoms with van der Waals surface area (Å²) in [7, 11) is 0. The summed E-state index contributed by atoms with van der Waals surface area (Å²) in [4.78, 5) is 13.2. The highest BCUT2D eigenvalue weighted by molar-refractivity contribution is 14.1. The van der Waals surface area contributed by atoms with E-state index in [0.717, 1.165) is 0 Å². The maximum atomic E-state index is 11.5. The minimum atomic E-state index is -0.0165. The van der Waals surface area contributed by atoms with Crippen LogP contribution in [-0.2, 0) is 11.3 Å². The number of carbonyl (C=O) groups excluding carboxylic acids is 1. The Kier molecular flexibility index (Phi) is 4.81. The van der Waals surface area contributed by atoms with Gasteiger partial charge in [-0.2, -0.15) is 0 Å². The van der Waals surface area contributed by atoms with Gasteiger partial charge in [-0.25, -0.2) is 0 Å². The number of carbonyl (C=O) groups is 1. The molecule has 0 saturated carbocycles. The predicted octanol–water partition coefficient (Wildman–Crippen LogP) is 2.83. The smallest absolute Gasteiger partial charge is 0.246 e. The second-order valence-electron chi connectivity index (χ2n) is 3.15. The third-order valence-electron chi connectivity index (χ3n) is 2.19. The minimum absolute atomic E-state index is 0.0165. The van der Waals surface area contributed by atoms with Crippen molar-refractivity contribution in [1.29, 1.82) is 0 Å². The van der Waals surface area contributed by atoms with Crippen LogP contribution in [0.5, 0.6) is 0 Å². The Morgan fingerprint density at radius 2 is 2.20 bits per heavy atom. The molecule has 15 heavy (non-hydrogen) atoms. The lowest BCUT2D eigenvalue weighted by molar-refractivity contribution is -0.126. The standard InChI is InChI=1S/C12H14INO/c1-3-12(15)14(4-2)9-10-7-5-6-8-11(10)13/h3,5-8H,1,4,9H2,2H3. The molecule has 80 valence electrons. The van der Waals surface area contributed by atoms with Gasteiger partial charge in [0.05, 0.1) is 0 Å². The monoisotopic (exact) mass is 315 g/mol. The maximum Gasteiger partial charge on any atom is 0.246 e. The Labute approximate surface area is 104 Å². The summed E-state index contributed by atoms with van der Waals surface area (Å²) >= 11 is 2.28. The largest absolute Gasteiger partial charge is 0.335 e. The summed E-state index contributed by atoms with van der Waals surface area (Å²) in [5.41, 5.74) is 1.18. The van der Waals surface area contributed by atoms with Crippen LogP contribution in [0.3, 0.4) is 0 Å². The van der Waals surface area contributed by atoms with Gasteiger partial charge >= 0.3 is 0 Å². The van der Waals surface area contributed by atoms with E-state index < -0.39 is 0 Å². The molecule has 0 spiro atoms. The van der Waals surface area contributed by atoms with E-state index in [9.17, 15) is 4.79 Å². The molecule has 0 bridgehead atoms. The van der Waals surface area contributed by atoms with E-state index in [1.165, 1.54) is 15.2 Å². The van der Waals surface area contributed by atoms with Crippen LogP contribution in [0.1, 0.15) is 12.5 Å². The molecule has 0 aliphatic heterocycles. The number of hydrogen-bond acceptors (Lipinski definition) is 1. The zero-order valence-corrected chi connectivity index (χ0v) is 10.9. The van der Waals surface area contributed by atoms with Gasteiger partial charge in [0.25, 0.3) is 0 Å². The fourth-order valence-corrected chi connectivity index (χ4v) is 1.86. The Bertz CT molecular complexity index is 362. The molecule has 0 unspecified atom stereocenters. The molecular formula is C12H14INO. The van der Waals surface area contributed by atoms with Gasteiger partial charge < -0.3 is 4.90 Å². The molecule has 0 aliphatic carbocycles. The highest BCUT2D eigenvalue weighted by Crippen LogP contribution is 2.13. The van der Waals surface area contributed by atoms with Crippen molar-refractivity contribution in [3.63, 3.8) is 0 Å². The first-order valence-corrected chi connectivity index (χ1v) is 5.91. The number of rotatable bonds is 4. The van der Waals surface area contributed by atoms with Crippen LogP contribution in [0.25, 0.3) is 0 Å². The molecule has 0 radical (unpaired) electrons. The molecule has 0 fully saturated rings. The fourth-order valence-electron chi connectivity index (χ4n) is 1.31. The first-order valence-electron chi connectivity index (χ1n) is 4.83. The van der Waals surface area contributed by atoms with Crippen molar-refractivity contribution >= 4 is 28.5 Å². The Morgan fingerprint density at radius 1 is 1.53 bits per heavy atom. The van der Waals surface area contributed by atoms with E-state index in [0.29, 0.717) is 13.1 Å². The molecule has 0 heterocycles. The van der Waals surface area contributed by atoms with Crippen LogP contribution in [0.15, 0.2) is 36.9 Å². The van der Waals surface area contributed by atoms with E-state index >= 15 is 0 Å². The molecule has 0 saturated heterocycles. The van der Waals surface area contributed by atoms with Gasteiger partial charge in [-0.05, 0) is 47.2 Å². The highest BCUT2D eigenvalue weighted by atomic mass is 127. The summed E-state index contributed by atoms with van der Waals surface area (Å²) in [6, 6.07) is 8.07. The van der Waals surface area contributed by atoms with Crippen molar-refractivity contribution in [2.45, 2.75) is 13.5 Å². The predicted molar refractivity (Wildman–Crippen MR) is 70.4 cm³/mol. The summed E-state index contributed by atoms with van der Waals surface area (Å²) in [6.45, 7) is 6.83. The number of benzene rings is 1. The lowest BCUT2D eigenvalue weighted by Crippen LogP contribution is -2.28. The number of amides is 1. The molecule has 0 aromatic heterocycles.